The summed E-state index contributed by atoms with van der Waals surface area (Å²) < 4.78 is 18.2. The van der Waals surface area contributed by atoms with Gasteiger partial charge in [-0.15, -0.1) is 10.2 Å². The molecule has 5 rings (SSSR count). The molecule has 1 fully saturated rings. The first-order valence-electron chi connectivity index (χ1n) is 15.4. The second kappa shape index (κ2) is 15.8. The zero-order valence-electron chi connectivity index (χ0n) is 26.1. The molecule has 46 heavy (non-hydrogen) atoms. The quantitative estimate of drug-likeness (QED) is 0.0341. The predicted octanol–water partition coefficient (Wildman–Crippen LogP) is 7.82. The van der Waals surface area contributed by atoms with Crippen LogP contribution in [0, 0.1) is 0 Å². The highest BCUT2D eigenvalue weighted by Gasteiger charge is 2.48. The monoisotopic (exact) mass is 659 g/mol. The number of amides is 1. The summed E-state index contributed by atoms with van der Waals surface area (Å²) in [5, 5.41) is 20.5. The van der Waals surface area contributed by atoms with E-state index < -0.39 is 17.7 Å². The van der Waals surface area contributed by atoms with Gasteiger partial charge in [-0.25, -0.2) is 0 Å². The summed E-state index contributed by atoms with van der Waals surface area (Å²) >= 11 is 2.72. The Balaban J connectivity index is 1.55. The van der Waals surface area contributed by atoms with Crippen LogP contribution < -0.4 is 19.1 Å². The van der Waals surface area contributed by atoms with Crippen molar-refractivity contribution in [2.75, 3.05) is 24.7 Å². The van der Waals surface area contributed by atoms with Crippen LogP contribution in [0.3, 0.4) is 0 Å². The standard InChI is InChI=1S/C35H37N3O6S2/c1-4-7-11-20-44-27-19-16-25(21-28(27)43-6-3)30-29(31(39)24-14-17-26(18-15-24)42-5-2)32(40)33(41)38(30)34-36-37-35(46-34)45-22-23-12-9-8-10-13-23/h8-10,12-19,21,30,39H,4-7,11,20,22H2,1-3H3/b31-29+. The number of ketones is 1. The predicted molar refractivity (Wildman–Crippen MR) is 181 cm³/mol. The maximum absolute atomic E-state index is 13.7. The molecule has 1 N–H and O–H groups in total. The number of anilines is 1. The number of aliphatic hydroxyl groups excluding tert-OH is 1. The number of unbranched alkanes of at least 4 members (excludes halogenated alkanes) is 2. The van der Waals surface area contributed by atoms with Crippen molar-refractivity contribution < 1.29 is 28.9 Å². The molecule has 4 aromatic rings. The van der Waals surface area contributed by atoms with E-state index in [-0.39, 0.29) is 16.5 Å². The van der Waals surface area contributed by atoms with Crippen LogP contribution in [-0.4, -0.2) is 46.8 Å². The van der Waals surface area contributed by atoms with Crippen LogP contribution in [0.2, 0.25) is 0 Å². The number of aliphatic hydroxyl groups is 1. The molecule has 1 unspecified atom stereocenters. The van der Waals surface area contributed by atoms with E-state index in [1.807, 2.05) is 44.2 Å². The van der Waals surface area contributed by atoms with Gasteiger partial charge in [0, 0.05) is 11.3 Å². The molecule has 0 aliphatic carbocycles. The van der Waals surface area contributed by atoms with Crippen LogP contribution in [0.4, 0.5) is 5.13 Å². The van der Waals surface area contributed by atoms with Crippen LogP contribution in [0.5, 0.6) is 17.2 Å². The second-order valence-corrected chi connectivity index (χ2v) is 12.6. The number of thioether (sulfide) groups is 1. The summed E-state index contributed by atoms with van der Waals surface area (Å²) in [6, 6.07) is 21.1. The van der Waals surface area contributed by atoms with Gasteiger partial charge < -0.3 is 19.3 Å². The van der Waals surface area contributed by atoms with E-state index in [1.165, 1.54) is 28.0 Å². The highest BCUT2D eigenvalue weighted by molar-refractivity contribution is 8.00. The van der Waals surface area contributed by atoms with Crippen molar-refractivity contribution in [2.24, 2.45) is 0 Å². The molecular formula is C35H37N3O6S2. The highest BCUT2D eigenvalue weighted by atomic mass is 32.2. The number of nitrogens with zero attached hydrogens (tertiary/aromatic N) is 3. The minimum atomic E-state index is -0.986. The molecule has 1 atom stereocenters. The van der Waals surface area contributed by atoms with Crippen molar-refractivity contribution in [3.05, 3.63) is 95.1 Å². The molecule has 11 heteroatoms. The second-order valence-electron chi connectivity index (χ2n) is 10.4. The molecule has 9 nitrogen and oxygen atoms in total. The van der Waals surface area contributed by atoms with Gasteiger partial charge in [0.15, 0.2) is 15.8 Å². The van der Waals surface area contributed by atoms with Gasteiger partial charge in [0.1, 0.15) is 11.5 Å². The van der Waals surface area contributed by atoms with Crippen LogP contribution in [-0.2, 0) is 15.3 Å². The molecule has 0 saturated carbocycles. The smallest absolute Gasteiger partial charge is 0.301 e. The number of aromatic nitrogens is 2. The maximum Gasteiger partial charge on any atom is 0.301 e. The van der Waals surface area contributed by atoms with E-state index in [0.717, 1.165) is 24.8 Å². The Bertz CT molecular complexity index is 1670. The number of Topliss-reactive ketones (excluding diaryl/α,β-unsaturated/α-hetero) is 1. The Morgan fingerprint density at radius 1 is 0.891 bits per heavy atom. The minimum Gasteiger partial charge on any atom is -0.507 e. The largest absolute Gasteiger partial charge is 0.507 e. The maximum atomic E-state index is 13.7. The molecule has 0 spiro atoms. The van der Waals surface area contributed by atoms with Crippen molar-refractivity contribution in [3.63, 3.8) is 0 Å². The van der Waals surface area contributed by atoms with Crippen molar-refractivity contribution >= 4 is 45.7 Å². The Morgan fingerprint density at radius 3 is 2.37 bits per heavy atom. The van der Waals surface area contributed by atoms with E-state index >= 15 is 0 Å². The molecule has 1 aliphatic rings. The molecule has 1 aliphatic heterocycles. The first kappa shape index (κ1) is 33.0. The Morgan fingerprint density at radius 2 is 1.65 bits per heavy atom. The number of benzene rings is 3. The van der Waals surface area contributed by atoms with Crippen molar-refractivity contribution in [1.29, 1.82) is 0 Å². The fourth-order valence-corrected chi connectivity index (χ4v) is 6.89. The lowest BCUT2D eigenvalue weighted by atomic mass is 9.95. The van der Waals surface area contributed by atoms with Gasteiger partial charge in [-0.1, -0.05) is 79.3 Å². The number of ether oxygens (including phenoxy) is 3. The number of carbonyl (C=O) groups is 2. The first-order valence-corrected chi connectivity index (χ1v) is 17.2. The first-order chi connectivity index (χ1) is 22.4. The van der Waals surface area contributed by atoms with Gasteiger partial charge in [0.25, 0.3) is 5.78 Å². The summed E-state index contributed by atoms with van der Waals surface area (Å²) in [7, 11) is 0. The molecule has 1 amide bonds. The molecule has 0 bridgehead atoms. The number of hydrogen-bond donors (Lipinski definition) is 1. The third kappa shape index (κ3) is 7.54. The summed E-state index contributed by atoms with van der Waals surface area (Å²) in [5.41, 5.74) is 2.01. The van der Waals surface area contributed by atoms with E-state index in [2.05, 4.69) is 17.1 Å². The summed E-state index contributed by atoms with van der Waals surface area (Å²) in [6.45, 7) is 7.31. The van der Waals surface area contributed by atoms with Crippen molar-refractivity contribution in [2.45, 2.75) is 56.2 Å². The average Bonchev–Trinajstić information content (AvgIpc) is 3.65. The van der Waals surface area contributed by atoms with Gasteiger partial charge in [-0.3, -0.25) is 14.5 Å². The fourth-order valence-electron chi connectivity index (χ4n) is 5.07. The SMILES string of the molecule is CCCCCOc1ccc(C2/C(=C(\O)c3ccc(OCC)cc3)C(=O)C(=O)N2c2nnc(SCc3ccccc3)s2)cc1OCC. The molecule has 1 aromatic heterocycles. The lowest BCUT2D eigenvalue weighted by molar-refractivity contribution is -0.132. The molecule has 240 valence electrons. The lowest BCUT2D eigenvalue weighted by Crippen LogP contribution is -2.29. The van der Waals surface area contributed by atoms with Crippen molar-refractivity contribution in [3.8, 4) is 17.2 Å². The van der Waals surface area contributed by atoms with E-state index in [4.69, 9.17) is 14.2 Å². The van der Waals surface area contributed by atoms with E-state index in [9.17, 15) is 14.7 Å². The lowest BCUT2D eigenvalue weighted by Gasteiger charge is -2.23. The number of carbonyl (C=O) groups excluding carboxylic acids is 2. The molecule has 1 saturated heterocycles. The summed E-state index contributed by atoms with van der Waals surface area (Å²) in [6.07, 6.45) is 3.04. The molecule has 3 aromatic carbocycles. The third-order valence-corrected chi connectivity index (χ3v) is 9.41. The zero-order chi connectivity index (χ0) is 32.5. The molecular weight excluding hydrogens is 623 g/mol. The minimum absolute atomic E-state index is 0.0538. The zero-order valence-corrected chi connectivity index (χ0v) is 27.7. The number of rotatable bonds is 15. The van der Waals surface area contributed by atoms with Gasteiger partial charge in [0.05, 0.1) is 31.4 Å². The average molecular weight is 660 g/mol. The number of hydrogen-bond acceptors (Lipinski definition) is 10. The Kier molecular flexibility index (Phi) is 11.3. The van der Waals surface area contributed by atoms with Crippen molar-refractivity contribution in [1.82, 2.24) is 10.2 Å². The third-order valence-electron chi connectivity index (χ3n) is 7.28. The van der Waals surface area contributed by atoms with Crippen LogP contribution in [0.25, 0.3) is 5.76 Å². The molecule has 0 radical (unpaired) electrons. The van der Waals surface area contributed by atoms with Crippen LogP contribution >= 0.6 is 23.1 Å². The van der Waals surface area contributed by atoms with Crippen LogP contribution in [0.1, 0.15) is 62.8 Å². The topological polar surface area (TPSA) is 111 Å². The normalized spacial score (nSPS) is 15.7. The van der Waals surface area contributed by atoms with Gasteiger partial charge in [-0.05, 0) is 67.8 Å². The van der Waals surface area contributed by atoms with Gasteiger partial charge >= 0.3 is 5.91 Å². The van der Waals surface area contributed by atoms with Gasteiger partial charge in [-0.2, -0.15) is 0 Å². The highest BCUT2D eigenvalue weighted by Crippen LogP contribution is 2.45. The van der Waals surface area contributed by atoms with Gasteiger partial charge in [0.2, 0.25) is 5.13 Å². The summed E-state index contributed by atoms with van der Waals surface area (Å²) in [5.74, 6) is 0.442. The molecule has 2 heterocycles. The van der Waals surface area contributed by atoms with E-state index in [1.54, 1.807) is 42.5 Å². The Labute approximate surface area is 277 Å². The summed E-state index contributed by atoms with van der Waals surface area (Å²) in [4.78, 5) is 28.8. The van der Waals surface area contributed by atoms with E-state index in [0.29, 0.717) is 58.3 Å². The Hall–Kier alpha value is -4.35. The fraction of sp³-hybridized carbons (Fsp3) is 0.314. The van der Waals surface area contributed by atoms with Crippen LogP contribution in [0.15, 0.2) is 82.7 Å².